The number of nitrogens with two attached hydrogens (primary N) is 1. The molecule has 0 aliphatic carbocycles. The average Bonchev–Trinajstić information content (AvgIpc) is 2.28. The standard InChI is InChI=1S/C8H9ClN2O4S/c1-15-8(12)5-2-3-6(9)7(4-5)16(13,14)11-10/h2-4,11H,10H2,1H3. The minimum Gasteiger partial charge on any atom is -0.465 e. The molecule has 0 heterocycles. The van der Waals surface area contributed by atoms with E-state index in [-0.39, 0.29) is 15.5 Å². The van der Waals surface area contributed by atoms with Crippen molar-refractivity contribution in [1.82, 2.24) is 4.83 Å². The largest absolute Gasteiger partial charge is 0.465 e. The summed E-state index contributed by atoms with van der Waals surface area (Å²) >= 11 is 5.68. The molecule has 8 heteroatoms. The second-order valence-corrected chi connectivity index (χ2v) is 4.85. The molecule has 0 saturated carbocycles. The summed E-state index contributed by atoms with van der Waals surface area (Å²) in [6, 6.07) is 3.71. The predicted molar refractivity (Wildman–Crippen MR) is 57.3 cm³/mol. The summed E-state index contributed by atoms with van der Waals surface area (Å²) in [5, 5.41) is -0.0365. The summed E-state index contributed by atoms with van der Waals surface area (Å²) in [4.78, 5) is 12.5. The van der Waals surface area contributed by atoms with Crippen LogP contribution >= 0.6 is 11.6 Å². The molecule has 1 aromatic carbocycles. The number of halogens is 1. The first-order valence-electron chi connectivity index (χ1n) is 4.02. The highest BCUT2D eigenvalue weighted by Gasteiger charge is 2.18. The van der Waals surface area contributed by atoms with Crippen molar-refractivity contribution < 1.29 is 17.9 Å². The predicted octanol–water partition coefficient (Wildman–Crippen LogP) is 0.279. The number of rotatable bonds is 3. The number of benzene rings is 1. The zero-order valence-electron chi connectivity index (χ0n) is 8.23. The van der Waals surface area contributed by atoms with Crippen molar-refractivity contribution in [2.24, 2.45) is 5.84 Å². The van der Waals surface area contributed by atoms with Crippen LogP contribution in [0.25, 0.3) is 0 Å². The van der Waals surface area contributed by atoms with Gasteiger partial charge in [0, 0.05) is 0 Å². The monoisotopic (exact) mass is 264 g/mol. The molecule has 0 atom stereocenters. The van der Waals surface area contributed by atoms with Gasteiger partial charge in [0.2, 0.25) is 0 Å². The summed E-state index contributed by atoms with van der Waals surface area (Å²) in [6.07, 6.45) is 0. The van der Waals surface area contributed by atoms with Gasteiger partial charge in [-0.15, -0.1) is 0 Å². The van der Waals surface area contributed by atoms with Crippen molar-refractivity contribution in [3.63, 3.8) is 0 Å². The smallest absolute Gasteiger partial charge is 0.337 e. The minimum absolute atomic E-state index is 0.0365. The number of esters is 1. The van der Waals surface area contributed by atoms with Gasteiger partial charge in [-0.1, -0.05) is 11.6 Å². The topological polar surface area (TPSA) is 98.5 Å². The second kappa shape index (κ2) is 4.79. The molecule has 0 aromatic heterocycles. The number of hydrazine groups is 1. The molecule has 1 aromatic rings. The summed E-state index contributed by atoms with van der Waals surface area (Å²) < 4.78 is 27.3. The van der Waals surface area contributed by atoms with E-state index in [1.54, 1.807) is 4.83 Å². The number of hydrogen-bond acceptors (Lipinski definition) is 5. The Bertz CT molecular complexity index is 515. The Labute approximate surface area is 97.4 Å². The minimum atomic E-state index is -3.91. The fourth-order valence-electron chi connectivity index (χ4n) is 1.02. The van der Waals surface area contributed by atoms with Crippen LogP contribution in [0.3, 0.4) is 0 Å². The Hall–Kier alpha value is -1.15. The Kier molecular flexibility index (Phi) is 3.87. The Balaban J connectivity index is 3.36. The fraction of sp³-hybridized carbons (Fsp3) is 0.125. The van der Waals surface area contributed by atoms with E-state index in [1.807, 2.05) is 0 Å². The number of sulfonamides is 1. The van der Waals surface area contributed by atoms with Crippen molar-refractivity contribution in [1.29, 1.82) is 0 Å². The van der Waals surface area contributed by atoms with Crippen LogP contribution in [0.1, 0.15) is 10.4 Å². The molecule has 0 aliphatic rings. The third-order valence-electron chi connectivity index (χ3n) is 1.80. The van der Waals surface area contributed by atoms with Crippen molar-refractivity contribution in [2.75, 3.05) is 7.11 Å². The summed E-state index contributed by atoms with van der Waals surface area (Å²) in [6.45, 7) is 0. The van der Waals surface area contributed by atoms with Gasteiger partial charge < -0.3 is 4.74 Å². The molecule has 0 bridgehead atoms. The maximum absolute atomic E-state index is 11.4. The van der Waals surface area contributed by atoms with Gasteiger partial charge in [-0.2, -0.15) is 4.83 Å². The summed E-state index contributed by atoms with van der Waals surface area (Å²) in [7, 11) is -2.72. The molecular formula is C8H9ClN2O4S. The number of carbonyl (C=O) groups is 1. The van der Waals surface area contributed by atoms with E-state index in [2.05, 4.69) is 4.74 Å². The first-order valence-corrected chi connectivity index (χ1v) is 5.88. The molecule has 0 saturated heterocycles. The van der Waals surface area contributed by atoms with Gasteiger partial charge >= 0.3 is 5.97 Å². The zero-order valence-corrected chi connectivity index (χ0v) is 9.80. The van der Waals surface area contributed by atoms with Crippen molar-refractivity contribution >= 4 is 27.6 Å². The third kappa shape index (κ3) is 2.50. The third-order valence-corrected chi connectivity index (χ3v) is 3.47. The van der Waals surface area contributed by atoms with Crippen LogP contribution in [0, 0.1) is 0 Å². The first-order chi connectivity index (χ1) is 7.42. The van der Waals surface area contributed by atoms with E-state index in [4.69, 9.17) is 17.4 Å². The molecule has 1 rings (SSSR count). The first kappa shape index (κ1) is 12.9. The quantitative estimate of drug-likeness (QED) is 0.464. The van der Waals surface area contributed by atoms with Crippen LogP contribution < -0.4 is 10.7 Å². The fourth-order valence-corrected chi connectivity index (χ4v) is 2.17. The molecule has 0 amide bonds. The Morgan fingerprint density at radius 1 is 1.50 bits per heavy atom. The number of ether oxygens (including phenoxy) is 1. The van der Waals surface area contributed by atoms with Crippen molar-refractivity contribution in [3.8, 4) is 0 Å². The molecule has 0 aliphatic heterocycles. The molecule has 0 radical (unpaired) electrons. The molecule has 0 spiro atoms. The highest BCUT2D eigenvalue weighted by Crippen LogP contribution is 2.22. The van der Waals surface area contributed by atoms with Crippen molar-refractivity contribution in [3.05, 3.63) is 28.8 Å². The summed E-state index contributed by atoms with van der Waals surface area (Å²) in [5.41, 5.74) is 0.0701. The molecule has 0 unspecified atom stereocenters. The second-order valence-electron chi connectivity index (χ2n) is 2.76. The lowest BCUT2D eigenvalue weighted by Crippen LogP contribution is -2.30. The normalized spacial score (nSPS) is 11.2. The van der Waals surface area contributed by atoms with E-state index in [0.717, 1.165) is 6.07 Å². The van der Waals surface area contributed by atoms with E-state index < -0.39 is 16.0 Å². The van der Waals surface area contributed by atoms with Gasteiger partial charge in [0.25, 0.3) is 10.0 Å². The molecule has 6 nitrogen and oxygen atoms in total. The van der Waals surface area contributed by atoms with E-state index in [9.17, 15) is 13.2 Å². The Morgan fingerprint density at radius 2 is 2.12 bits per heavy atom. The highest BCUT2D eigenvalue weighted by molar-refractivity contribution is 7.89. The molecular weight excluding hydrogens is 256 g/mol. The van der Waals surface area contributed by atoms with Crippen LogP contribution in [-0.4, -0.2) is 21.5 Å². The van der Waals surface area contributed by atoms with Gasteiger partial charge in [0.15, 0.2) is 0 Å². The van der Waals surface area contributed by atoms with Crippen LogP contribution in [0.4, 0.5) is 0 Å². The number of nitrogens with one attached hydrogen (secondary N) is 1. The van der Waals surface area contributed by atoms with E-state index in [0.29, 0.717) is 0 Å². The van der Waals surface area contributed by atoms with Crippen LogP contribution in [0.15, 0.2) is 23.1 Å². The number of hydrogen-bond donors (Lipinski definition) is 2. The number of methoxy groups -OCH3 is 1. The molecule has 0 fully saturated rings. The van der Waals surface area contributed by atoms with Crippen LogP contribution in [0.2, 0.25) is 5.02 Å². The molecule has 16 heavy (non-hydrogen) atoms. The molecule has 88 valence electrons. The van der Waals surface area contributed by atoms with E-state index in [1.165, 1.54) is 19.2 Å². The highest BCUT2D eigenvalue weighted by atomic mass is 35.5. The van der Waals surface area contributed by atoms with Gasteiger partial charge in [-0.05, 0) is 18.2 Å². The summed E-state index contributed by atoms with van der Waals surface area (Å²) in [5.74, 6) is 4.19. The lowest BCUT2D eigenvalue weighted by atomic mass is 10.2. The maximum Gasteiger partial charge on any atom is 0.337 e. The van der Waals surface area contributed by atoms with Crippen molar-refractivity contribution in [2.45, 2.75) is 4.90 Å². The lowest BCUT2D eigenvalue weighted by Gasteiger charge is -2.06. The zero-order chi connectivity index (χ0) is 12.3. The van der Waals surface area contributed by atoms with Gasteiger partial charge in [0.1, 0.15) is 4.90 Å². The van der Waals surface area contributed by atoms with E-state index >= 15 is 0 Å². The van der Waals surface area contributed by atoms with Crippen LogP contribution in [0.5, 0.6) is 0 Å². The maximum atomic E-state index is 11.4. The average molecular weight is 265 g/mol. The Morgan fingerprint density at radius 3 is 2.62 bits per heavy atom. The lowest BCUT2D eigenvalue weighted by molar-refractivity contribution is 0.0600. The SMILES string of the molecule is COC(=O)c1ccc(Cl)c(S(=O)(=O)NN)c1. The van der Waals surface area contributed by atoms with Gasteiger partial charge in [-0.3, -0.25) is 5.84 Å². The molecule has 3 N–H and O–H groups in total. The number of carbonyl (C=O) groups excluding carboxylic acids is 1. The van der Waals surface area contributed by atoms with Gasteiger partial charge in [0.05, 0.1) is 17.7 Å². The van der Waals surface area contributed by atoms with Gasteiger partial charge in [-0.25, -0.2) is 13.2 Å². The van der Waals surface area contributed by atoms with Crippen LogP contribution in [-0.2, 0) is 14.8 Å².